The van der Waals surface area contributed by atoms with Gasteiger partial charge in [0.25, 0.3) is 0 Å². The van der Waals surface area contributed by atoms with Gasteiger partial charge in [-0.25, -0.2) is 0 Å². The maximum atomic E-state index is 12.3. The van der Waals surface area contributed by atoms with E-state index in [0.29, 0.717) is 17.5 Å². The van der Waals surface area contributed by atoms with Crippen LogP contribution < -0.4 is 10.1 Å². The van der Waals surface area contributed by atoms with E-state index in [1.165, 1.54) is 17.3 Å². The van der Waals surface area contributed by atoms with E-state index in [1.807, 2.05) is 53.1 Å². The van der Waals surface area contributed by atoms with Crippen LogP contribution in [0.25, 0.3) is 0 Å². The van der Waals surface area contributed by atoms with Gasteiger partial charge in [0.1, 0.15) is 12.4 Å². The lowest BCUT2D eigenvalue weighted by molar-refractivity contribution is -0.113. The van der Waals surface area contributed by atoms with Crippen LogP contribution in [0.3, 0.4) is 0 Å². The number of ether oxygens (including phenoxy) is 1. The highest BCUT2D eigenvalue weighted by Gasteiger charge is 2.14. The molecule has 3 rings (SSSR count). The second-order valence-corrected chi connectivity index (χ2v) is 8.29. The number of allylic oxidation sites excluding steroid dienone is 1. The molecule has 0 fully saturated rings. The summed E-state index contributed by atoms with van der Waals surface area (Å²) >= 11 is 4.74. The Labute approximate surface area is 188 Å². The van der Waals surface area contributed by atoms with Crippen LogP contribution in [0.1, 0.15) is 18.3 Å². The van der Waals surface area contributed by atoms with E-state index in [4.69, 9.17) is 4.74 Å². The highest BCUT2D eigenvalue weighted by Crippen LogP contribution is 2.21. The van der Waals surface area contributed by atoms with Gasteiger partial charge in [-0.3, -0.25) is 9.36 Å². The number of halogens is 1. The quantitative estimate of drug-likeness (QED) is 0.318. The minimum absolute atomic E-state index is 0.0925. The number of nitrogens with one attached hydrogen (secondary N) is 1. The van der Waals surface area contributed by atoms with Crippen LogP contribution in [-0.2, 0) is 24.4 Å². The van der Waals surface area contributed by atoms with E-state index >= 15 is 0 Å². The first-order chi connectivity index (χ1) is 14.6. The fourth-order valence-electron chi connectivity index (χ4n) is 2.67. The zero-order valence-corrected chi connectivity index (χ0v) is 19.1. The number of hydrogen-bond acceptors (Lipinski definition) is 5. The van der Waals surface area contributed by atoms with Crippen molar-refractivity contribution in [1.82, 2.24) is 14.8 Å². The lowest BCUT2D eigenvalue weighted by atomic mass is 10.1. The first-order valence-corrected chi connectivity index (χ1v) is 11.3. The van der Waals surface area contributed by atoms with Gasteiger partial charge in [-0.1, -0.05) is 52.8 Å². The summed E-state index contributed by atoms with van der Waals surface area (Å²) in [6.45, 7) is 6.71. The summed E-state index contributed by atoms with van der Waals surface area (Å²) in [4.78, 5) is 12.3. The van der Waals surface area contributed by atoms with Gasteiger partial charge >= 0.3 is 0 Å². The smallest absolute Gasteiger partial charge is 0.234 e. The molecule has 0 atom stereocenters. The van der Waals surface area contributed by atoms with Crippen molar-refractivity contribution in [2.24, 2.45) is 0 Å². The van der Waals surface area contributed by atoms with Crippen molar-refractivity contribution in [1.29, 1.82) is 0 Å². The number of anilines is 1. The number of amides is 1. The summed E-state index contributed by atoms with van der Waals surface area (Å²) in [5, 5.41) is 12.0. The summed E-state index contributed by atoms with van der Waals surface area (Å²) in [5.41, 5.74) is 2.02. The first-order valence-electron chi connectivity index (χ1n) is 9.52. The molecule has 6 nitrogen and oxygen atoms in total. The summed E-state index contributed by atoms with van der Waals surface area (Å²) in [6, 6.07) is 15.5. The molecule has 0 radical (unpaired) electrons. The second kappa shape index (κ2) is 11.0. The molecule has 0 aliphatic heterocycles. The number of carbonyl (C=O) groups is 1. The normalized spacial score (nSPS) is 10.6. The summed E-state index contributed by atoms with van der Waals surface area (Å²) in [5.74, 6) is 1.56. The molecule has 3 aromatic rings. The standard InChI is InChI=1S/C22H23BrN4O2S/c1-3-13-27-20(14-29-19-11-7-17(23)8-12-19)25-26-22(27)30-15-21(28)24-18-9-5-16(4-2)6-10-18/h3,5-12H,1,4,13-15H2,2H3,(H,24,28). The SMILES string of the molecule is C=CCn1c(COc2ccc(Br)cc2)nnc1SCC(=O)Nc1ccc(CC)cc1. The zero-order valence-electron chi connectivity index (χ0n) is 16.7. The van der Waals surface area contributed by atoms with Crippen LogP contribution in [0.15, 0.2) is 70.8 Å². The fraction of sp³-hybridized carbons (Fsp3) is 0.227. The number of rotatable bonds is 10. The molecule has 1 heterocycles. The third-order valence-corrected chi connectivity index (χ3v) is 5.76. The van der Waals surface area contributed by atoms with Gasteiger partial charge in [-0.2, -0.15) is 0 Å². The van der Waals surface area contributed by atoms with Crippen molar-refractivity contribution in [3.63, 3.8) is 0 Å². The van der Waals surface area contributed by atoms with Crippen molar-refractivity contribution in [3.05, 3.63) is 77.0 Å². The molecule has 0 saturated carbocycles. The summed E-state index contributed by atoms with van der Waals surface area (Å²) < 4.78 is 8.70. The first kappa shape index (κ1) is 22.1. The Morgan fingerprint density at radius 2 is 1.93 bits per heavy atom. The Balaban J connectivity index is 1.58. The summed E-state index contributed by atoms with van der Waals surface area (Å²) in [7, 11) is 0. The van der Waals surface area contributed by atoms with Crippen molar-refractivity contribution in [2.75, 3.05) is 11.1 Å². The van der Waals surface area contributed by atoms with E-state index in [9.17, 15) is 4.79 Å². The number of carbonyl (C=O) groups excluding carboxylic acids is 1. The zero-order chi connectivity index (χ0) is 21.3. The molecule has 30 heavy (non-hydrogen) atoms. The number of aryl methyl sites for hydroxylation is 1. The van der Waals surface area contributed by atoms with E-state index < -0.39 is 0 Å². The average molecular weight is 487 g/mol. The molecule has 1 amide bonds. The van der Waals surface area contributed by atoms with Gasteiger partial charge < -0.3 is 10.1 Å². The number of thioether (sulfide) groups is 1. The number of aromatic nitrogens is 3. The van der Waals surface area contributed by atoms with Crippen LogP contribution in [0, 0.1) is 0 Å². The number of hydrogen-bond donors (Lipinski definition) is 1. The van der Waals surface area contributed by atoms with Crippen LogP contribution in [0.5, 0.6) is 5.75 Å². The van der Waals surface area contributed by atoms with Gasteiger partial charge in [-0.15, -0.1) is 16.8 Å². The van der Waals surface area contributed by atoms with E-state index in [-0.39, 0.29) is 18.3 Å². The van der Waals surface area contributed by atoms with Crippen molar-refractivity contribution < 1.29 is 9.53 Å². The molecule has 0 spiro atoms. The molecule has 0 aliphatic carbocycles. The van der Waals surface area contributed by atoms with Gasteiger partial charge in [0, 0.05) is 16.7 Å². The highest BCUT2D eigenvalue weighted by molar-refractivity contribution is 9.10. The van der Waals surface area contributed by atoms with Gasteiger partial charge in [0.15, 0.2) is 11.0 Å². The lowest BCUT2D eigenvalue weighted by Gasteiger charge is -2.09. The molecular formula is C22H23BrN4O2S. The molecule has 156 valence electrons. The Morgan fingerprint density at radius 3 is 2.60 bits per heavy atom. The topological polar surface area (TPSA) is 69.0 Å². The Bertz CT molecular complexity index is 987. The molecule has 2 aromatic carbocycles. The minimum atomic E-state index is -0.0925. The average Bonchev–Trinajstić information content (AvgIpc) is 3.14. The molecule has 1 aromatic heterocycles. The van der Waals surface area contributed by atoms with E-state index in [2.05, 4.69) is 44.9 Å². The van der Waals surface area contributed by atoms with Crippen LogP contribution in [0.4, 0.5) is 5.69 Å². The van der Waals surface area contributed by atoms with Crippen molar-refractivity contribution in [2.45, 2.75) is 31.7 Å². The van der Waals surface area contributed by atoms with E-state index in [0.717, 1.165) is 22.3 Å². The number of benzene rings is 2. The van der Waals surface area contributed by atoms with Crippen LogP contribution in [-0.4, -0.2) is 26.4 Å². The van der Waals surface area contributed by atoms with E-state index in [1.54, 1.807) is 6.08 Å². The second-order valence-electron chi connectivity index (χ2n) is 6.43. The van der Waals surface area contributed by atoms with Crippen molar-refractivity contribution in [3.8, 4) is 5.75 Å². The molecule has 0 unspecified atom stereocenters. The lowest BCUT2D eigenvalue weighted by Crippen LogP contribution is -2.15. The Hall–Kier alpha value is -2.58. The maximum absolute atomic E-state index is 12.3. The fourth-order valence-corrected chi connectivity index (χ4v) is 3.71. The van der Waals surface area contributed by atoms with Gasteiger partial charge in [-0.05, 0) is 48.4 Å². The molecule has 0 bridgehead atoms. The van der Waals surface area contributed by atoms with Crippen LogP contribution in [0.2, 0.25) is 0 Å². The monoisotopic (exact) mass is 486 g/mol. The number of nitrogens with zero attached hydrogens (tertiary/aromatic N) is 3. The van der Waals surface area contributed by atoms with Gasteiger partial charge in [0.2, 0.25) is 5.91 Å². The Morgan fingerprint density at radius 1 is 1.20 bits per heavy atom. The molecule has 0 saturated heterocycles. The highest BCUT2D eigenvalue weighted by atomic mass is 79.9. The van der Waals surface area contributed by atoms with Gasteiger partial charge in [0.05, 0.1) is 5.75 Å². The predicted octanol–water partition coefficient (Wildman–Crippen LogP) is 5.10. The molecular weight excluding hydrogens is 464 g/mol. The predicted molar refractivity (Wildman–Crippen MR) is 124 cm³/mol. The van der Waals surface area contributed by atoms with Crippen molar-refractivity contribution >= 4 is 39.3 Å². The largest absolute Gasteiger partial charge is 0.486 e. The molecule has 0 aliphatic rings. The maximum Gasteiger partial charge on any atom is 0.234 e. The summed E-state index contributed by atoms with van der Waals surface area (Å²) in [6.07, 6.45) is 2.74. The molecule has 8 heteroatoms. The minimum Gasteiger partial charge on any atom is -0.486 e. The third kappa shape index (κ3) is 6.21. The third-order valence-electron chi connectivity index (χ3n) is 4.27. The Kier molecular flexibility index (Phi) is 8.10. The van der Waals surface area contributed by atoms with Crippen LogP contribution >= 0.6 is 27.7 Å². The molecule has 1 N–H and O–H groups in total.